The predicted molar refractivity (Wildman–Crippen MR) is 67.9 cm³/mol. The Labute approximate surface area is 102 Å². The maximum Gasteiger partial charge on any atom is 0.195 e. The number of nitrogens with zero attached hydrogens (tertiary/aromatic N) is 2. The second-order valence-corrected chi connectivity index (χ2v) is 5.32. The maximum atomic E-state index is 5.29. The Kier molecular flexibility index (Phi) is 3.79. The second kappa shape index (κ2) is 5.13. The van der Waals surface area contributed by atoms with Gasteiger partial charge in [-0.3, -0.25) is 5.10 Å². The van der Waals surface area contributed by atoms with Crippen molar-refractivity contribution in [3.8, 4) is 0 Å². The molecule has 2 atom stereocenters. The fourth-order valence-corrected chi connectivity index (χ4v) is 2.93. The van der Waals surface area contributed by atoms with Crippen LogP contribution in [0.2, 0.25) is 0 Å². The van der Waals surface area contributed by atoms with Crippen molar-refractivity contribution in [2.75, 3.05) is 0 Å². The fourth-order valence-electron chi connectivity index (χ4n) is 2.71. The molecule has 0 bridgehead atoms. The Balaban J connectivity index is 2.13. The molecule has 1 aromatic heterocycles. The lowest BCUT2D eigenvalue weighted by molar-refractivity contribution is 0.226. The van der Waals surface area contributed by atoms with Gasteiger partial charge in [0.25, 0.3) is 0 Å². The standard InChI is InChI=1S/C12H21N3S/c1-3-11-13-14-12(16)15(11)8-10-7-5-4-6-9(10)2/h9-10H,3-8H2,1-2H3,(H,14,16). The highest BCUT2D eigenvalue weighted by molar-refractivity contribution is 7.71. The van der Waals surface area contributed by atoms with Crippen LogP contribution in [-0.4, -0.2) is 14.8 Å². The number of aromatic nitrogens is 3. The van der Waals surface area contributed by atoms with E-state index in [2.05, 4.69) is 28.6 Å². The van der Waals surface area contributed by atoms with Gasteiger partial charge in [-0.15, -0.1) is 0 Å². The van der Waals surface area contributed by atoms with Crippen LogP contribution in [0.1, 0.15) is 45.4 Å². The van der Waals surface area contributed by atoms with Gasteiger partial charge in [0.15, 0.2) is 4.77 Å². The lowest BCUT2D eigenvalue weighted by Gasteiger charge is -2.29. The van der Waals surface area contributed by atoms with Crippen molar-refractivity contribution in [3.63, 3.8) is 0 Å². The Morgan fingerprint density at radius 1 is 1.44 bits per heavy atom. The minimum Gasteiger partial charge on any atom is -0.304 e. The first-order chi connectivity index (χ1) is 7.72. The molecule has 1 aliphatic rings. The third-order valence-corrected chi connectivity index (χ3v) is 4.17. The number of nitrogens with one attached hydrogen (secondary N) is 1. The first-order valence-electron chi connectivity index (χ1n) is 6.36. The lowest BCUT2D eigenvalue weighted by Crippen LogP contribution is -2.23. The van der Waals surface area contributed by atoms with Gasteiger partial charge in [0.2, 0.25) is 0 Å². The van der Waals surface area contributed by atoms with E-state index in [1.165, 1.54) is 25.7 Å². The number of rotatable bonds is 3. The van der Waals surface area contributed by atoms with Crippen molar-refractivity contribution in [2.45, 2.75) is 52.5 Å². The minimum absolute atomic E-state index is 0.781. The van der Waals surface area contributed by atoms with E-state index in [0.717, 1.165) is 35.4 Å². The van der Waals surface area contributed by atoms with E-state index in [9.17, 15) is 0 Å². The molecule has 2 rings (SSSR count). The fraction of sp³-hybridized carbons (Fsp3) is 0.833. The van der Waals surface area contributed by atoms with Crippen molar-refractivity contribution < 1.29 is 0 Å². The van der Waals surface area contributed by atoms with Crippen LogP contribution in [-0.2, 0) is 13.0 Å². The van der Waals surface area contributed by atoms with Crippen LogP contribution in [0.15, 0.2) is 0 Å². The third-order valence-electron chi connectivity index (χ3n) is 3.86. The molecule has 1 saturated carbocycles. The predicted octanol–water partition coefficient (Wildman–Crippen LogP) is 3.33. The zero-order valence-electron chi connectivity index (χ0n) is 10.2. The summed E-state index contributed by atoms with van der Waals surface area (Å²) in [5, 5.41) is 7.18. The zero-order valence-corrected chi connectivity index (χ0v) is 11.0. The van der Waals surface area contributed by atoms with E-state index in [1.54, 1.807) is 0 Å². The molecule has 0 amide bonds. The van der Waals surface area contributed by atoms with Gasteiger partial charge in [0, 0.05) is 13.0 Å². The summed E-state index contributed by atoms with van der Waals surface area (Å²) in [6.07, 6.45) is 6.44. The highest BCUT2D eigenvalue weighted by atomic mass is 32.1. The second-order valence-electron chi connectivity index (χ2n) is 4.93. The molecular weight excluding hydrogens is 218 g/mol. The summed E-state index contributed by atoms with van der Waals surface area (Å²) in [5.41, 5.74) is 0. The molecule has 0 aliphatic heterocycles. The molecule has 16 heavy (non-hydrogen) atoms. The Morgan fingerprint density at radius 2 is 2.19 bits per heavy atom. The largest absolute Gasteiger partial charge is 0.304 e. The third kappa shape index (κ3) is 2.37. The zero-order chi connectivity index (χ0) is 11.5. The molecule has 1 heterocycles. The number of H-pyrrole nitrogens is 1. The van der Waals surface area contributed by atoms with Gasteiger partial charge in [0.05, 0.1) is 0 Å². The molecule has 0 saturated heterocycles. The summed E-state index contributed by atoms with van der Waals surface area (Å²) in [6.45, 7) is 5.56. The average molecular weight is 239 g/mol. The molecular formula is C12H21N3S. The summed E-state index contributed by atoms with van der Waals surface area (Å²) in [4.78, 5) is 0. The van der Waals surface area contributed by atoms with Crippen LogP contribution in [0.25, 0.3) is 0 Å². The van der Waals surface area contributed by atoms with E-state index in [0.29, 0.717) is 0 Å². The van der Waals surface area contributed by atoms with Crippen LogP contribution in [0.4, 0.5) is 0 Å². The first-order valence-corrected chi connectivity index (χ1v) is 6.77. The van der Waals surface area contributed by atoms with Crippen LogP contribution < -0.4 is 0 Å². The van der Waals surface area contributed by atoms with E-state index < -0.39 is 0 Å². The van der Waals surface area contributed by atoms with Crippen molar-refractivity contribution in [3.05, 3.63) is 10.6 Å². The van der Waals surface area contributed by atoms with Crippen LogP contribution >= 0.6 is 12.2 Å². The molecule has 1 fully saturated rings. The van der Waals surface area contributed by atoms with Crippen molar-refractivity contribution in [1.29, 1.82) is 0 Å². The number of hydrogen-bond donors (Lipinski definition) is 1. The van der Waals surface area contributed by atoms with Gasteiger partial charge >= 0.3 is 0 Å². The number of aromatic amines is 1. The monoisotopic (exact) mass is 239 g/mol. The minimum atomic E-state index is 0.781. The highest BCUT2D eigenvalue weighted by Crippen LogP contribution is 2.30. The van der Waals surface area contributed by atoms with Gasteiger partial charge in [0.1, 0.15) is 5.82 Å². The van der Waals surface area contributed by atoms with E-state index in [1.807, 2.05) is 0 Å². The molecule has 2 unspecified atom stereocenters. The normalized spacial score (nSPS) is 25.9. The van der Waals surface area contributed by atoms with Gasteiger partial charge in [-0.05, 0) is 30.5 Å². The summed E-state index contributed by atoms with van der Waals surface area (Å²) >= 11 is 5.29. The number of hydrogen-bond acceptors (Lipinski definition) is 2. The van der Waals surface area contributed by atoms with Crippen LogP contribution in [0.3, 0.4) is 0 Å². The van der Waals surface area contributed by atoms with Crippen LogP contribution in [0, 0.1) is 16.6 Å². The molecule has 0 radical (unpaired) electrons. The van der Waals surface area contributed by atoms with E-state index in [-0.39, 0.29) is 0 Å². The van der Waals surface area contributed by atoms with E-state index >= 15 is 0 Å². The van der Waals surface area contributed by atoms with Gasteiger partial charge in [-0.2, -0.15) is 5.10 Å². The molecule has 1 aliphatic carbocycles. The molecule has 0 aromatic carbocycles. The molecule has 4 heteroatoms. The number of aryl methyl sites for hydroxylation is 1. The van der Waals surface area contributed by atoms with Gasteiger partial charge in [-0.25, -0.2) is 0 Å². The molecule has 1 N–H and O–H groups in total. The Hall–Kier alpha value is -0.640. The summed E-state index contributed by atoms with van der Waals surface area (Å²) < 4.78 is 2.98. The maximum absolute atomic E-state index is 5.29. The van der Waals surface area contributed by atoms with Crippen molar-refractivity contribution >= 4 is 12.2 Å². The summed E-state index contributed by atoms with van der Waals surface area (Å²) in [6, 6.07) is 0. The quantitative estimate of drug-likeness (QED) is 0.821. The molecule has 3 nitrogen and oxygen atoms in total. The smallest absolute Gasteiger partial charge is 0.195 e. The topological polar surface area (TPSA) is 33.6 Å². The Bertz CT molecular complexity index is 393. The van der Waals surface area contributed by atoms with Gasteiger partial charge in [-0.1, -0.05) is 33.1 Å². The first kappa shape index (κ1) is 11.8. The van der Waals surface area contributed by atoms with E-state index in [4.69, 9.17) is 12.2 Å². The molecule has 1 aromatic rings. The van der Waals surface area contributed by atoms with Gasteiger partial charge < -0.3 is 4.57 Å². The Morgan fingerprint density at radius 3 is 2.88 bits per heavy atom. The summed E-state index contributed by atoms with van der Waals surface area (Å²) in [5.74, 6) is 2.71. The lowest BCUT2D eigenvalue weighted by atomic mass is 9.80. The average Bonchev–Trinajstić information content (AvgIpc) is 2.63. The summed E-state index contributed by atoms with van der Waals surface area (Å²) in [7, 11) is 0. The van der Waals surface area contributed by atoms with Crippen molar-refractivity contribution in [1.82, 2.24) is 14.8 Å². The SMILES string of the molecule is CCc1n[nH]c(=S)n1CC1CCCCC1C. The molecule has 90 valence electrons. The van der Waals surface area contributed by atoms with Crippen molar-refractivity contribution in [2.24, 2.45) is 11.8 Å². The highest BCUT2D eigenvalue weighted by Gasteiger charge is 2.22. The van der Waals surface area contributed by atoms with Crippen LogP contribution in [0.5, 0.6) is 0 Å². The molecule has 0 spiro atoms.